The third-order valence-corrected chi connectivity index (χ3v) is 3.20. The van der Waals surface area contributed by atoms with Crippen LogP contribution in [0.15, 0.2) is 23.7 Å². The van der Waals surface area contributed by atoms with Crippen LogP contribution in [0.5, 0.6) is 5.88 Å². The molecule has 19 heavy (non-hydrogen) atoms. The molecule has 0 radical (unpaired) electrons. The SMILES string of the molecule is COc1nscc1C(=O)/C=C/c1ccnn1C(C)C. The van der Waals surface area contributed by atoms with Gasteiger partial charge in [-0.05, 0) is 43.6 Å². The van der Waals surface area contributed by atoms with Crippen molar-refractivity contribution in [2.24, 2.45) is 0 Å². The number of carbonyl (C=O) groups excluding carboxylic acids is 1. The highest BCUT2D eigenvalue weighted by Gasteiger charge is 2.12. The molecular weight excluding hydrogens is 262 g/mol. The molecule has 100 valence electrons. The summed E-state index contributed by atoms with van der Waals surface area (Å²) >= 11 is 1.20. The zero-order chi connectivity index (χ0) is 13.8. The van der Waals surface area contributed by atoms with Crippen LogP contribution in [0, 0.1) is 0 Å². The minimum atomic E-state index is -0.123. The van der Waals surface area contributed by atoms with Crippen molar-refractivity contribution in [3.63, 3.8) is 0 Å². The molecule has 0 bridgehead atoms. The molecule has 2 heterocycles. The number of nitrogens with zero attached hydrogens (tertiary/aromatic N) is 3. The normalized spacial score (nSPS) is 11.4. The maximum atomic E-state index is 12.0. The number of allylic oxidation sites excluding steroid dienone is 1. The summed E-state index contributed by atoms with van der Waals surface area (Å²) in [6.45, 7) is 4.08. The monoisotopic (exact) mass is 277 g/mol. The number of carbonyl (C=O) groups is 1. The van der Waals surface area contributed by atoms with E-state index in [-0.39, 0.29) is 11.8 Å². The fourth-order valence-corrected chi connectivity index (χ4v) is 2.32. The van der Waals surface area contributed by atoms with Gasteiger partial charge < -0.3 is 4.74 Å². The summed E-state index contributed by atoms with van der Waals surface area (Å²) in [7, 11) is 1.50. The summed E-state index contributed by atoms with van der Waals surface area (Å²) in [4.78, 5) is 12.0. The fourth-order valence-electron chi connectivity index (χ4n) is 1.68. The third-order valence-electron chi connectivity index (χ3n) is 2.59. The van der Waals surface area contributed by atoms with E-state index in [9.17, 15) is 4.79 Å². The van der Waals surface area contributed by atoms with Gasteiger partial charge in [0.15, 0.2) is 5.78 Å². The Bertz CT molecular complexity index is 599. The van der Waals surface area contributed by atoms with Gasteiger partial charge >= 0.3 is 0 Å². The second kappa shape index (κ2) is 5.79. The Kier molecular flexibility index (Phi) is 4.11. The number of hydrogen-bond acceptors (Lipinski definition) is 5. The van der Waals surface area contributed by atoms with Crippen molar-refractivity contribution in [1.29, 1.82) is 0 Å². The molecule has 0 amide bonds. The summed E-state index contributed by atoms with van der Waals surface area (Å²) in [6.07, 6.45) is 4.99. The second-order valence-electron chi connectivity index (χ2n) is 4.23. The maximum absolute atomic E-state index is 12.0. The summed E-state index contributed by atoms with van der Waals surface area (Å²) < 4.78 is 10.9. The van der Waals surface area contributed by atoms with Crippen molar-refractivity contribution < 1.29 is 9.53 Å². The van der Waals surface area contributed by atoms with Crippen LogP contribution < -0.4 is 4.74 Å². The van der Waals surface area contributed by atoms with Crippen LogP contribution in [0.4, 0.5) is 0 Å². The fraction of sp³-hybridized carbons (Fsp3) is 0.308. The number of rotatable bonds is 5. The van der Waals surface area contributed by atoms with Gasteiger partial charge in [-0.25, -0.2) is 0 Å². The first kappa shape index (κ1) is 13.5. The van der Waals surface area contributed by atoms with E-state index in [2.05, 4.69) is 9.47 Å². The Balaban J connectivity index is 2.19. The minimum Gasteiger partial charge on any atom is -0.480 e. The number of ketones is 1. The Hall–Kier alpha value is -1.95. The van der Waals surface area contributed by atoms with E-state index in [4.69, 9.17) is 4.74 Å². The van der Waals surface area contributed by atoms with Crippen LogP contribution in [0.2, 0.25) is 0 Å². The van der Waals surface area contributed by atoms with E-state index < -0.39 is 0 Å². The van der Waals surface area contributed by atoms with E-state index in [0.29, 0.717) is 11.4 Å². The summed E-state index contributed by atoms with van der Waals surface area (Å²) in [5, 5.41) is 5.90. The first-order valence-corrected chi connectivity index (χ1v) is 6.71. The average Bonchev–Trinajstić information content (AvgIpc) is 3.04. The molecule has 0 aromatic carbocycles. The van der Waals surface area contributed by atoms with Gasteiger partial charge in [0.25, 0.3) is 0 Å². The van der Waals surface area contributed by atoms with Gasteiger partial charge in [-0.15, -0.1) is 0 Å². The highest BCUT2D eigenvalue weighted by Crippen LogP contribution is 2.20. The van der Waals surface area contributed by atoms with Gasteiger partial charge in [0, 0.05) is 17.6 Å². The first-order chi connectivity index (χ1) is 9.13. The highest BCUT2D eigenvalue weighted by molar-refractivity contribution is 7.04. The van der Waals surface area contributed by atoms with Crippen molar-refractivity contribution in [3.05, 3.63) is 35.0 Å². The van der Waals surface area contributed by atoms with E-state index >= 15 is 0 Å². The van der Waals surface area contributed by atoms with Crippen LogP contribution in [-0.2, 0) is 0 Å². The molecule has 0 aliphatic heterocycles. The van der Waals surface area contributed by atoms with Crippen LogP contribution >= 0.6 is 11.5 Å². The lowest BCUT2D eigenvalue weighted by molar-refractivity contribution is 0.104. The van der Waals surface area contributed by atoms with E-state index in [1.54, 1.807) is 17.7 Å². The molecule has 5 nitrogen and oxygen atoms in total. The van der Waals surface area contributed by atoms with E-state index in [1.165, 1.54) is 24.7 Å². The van der Waals surface area contributed by atoms with Gasteiger partial charge in [-0.1, -0.05) is 0 Å². The Morgan fingerprint density at radius 3 is 3.00 bits per heavy atom. The van der Waals surface area contributed by atoms with Crippen LogP contribution in [-0.4, -0.2) is 27.0 Å². The van der Waals surface area contributed by atoms with Crippen molar-refractivity contribution >= 4 is 23.4 Å². The molecule has 2 rings (SSSR count). The lowest BCUT2D eigenvalue weighted by atomic mass is 10.2. The van der Waals surface area contributed by atoms with Gasteiger partial charge in [0.2, 0.25) is 5.88 Å². The van der Waals surface area contributed by atoms with Crippen molar-refractivity contribution in [3.8, 4) is 5.88 Å². The van der Waals surface area contributed by atoms with Gasteiger partial charge in [0.1, 0.15) is 0 Å². The van der Waals surface area contributed by atoms with E-state index in [1.807, 2.05) is 24.6 Å². The molecule has 0 aliphatic rings. The second-order valence-corrected chi connectivity index (χ2v) is 4.86. The molecule has 0 fully saturated rings. The van der Waals surface area contributed by atoms with Crippen LogP contribution in [0.25, 0.3) is 6.08 Å². The average molecular weight is 277 g/mol. The predicted molar refractivity (Wildman–Crippen MR) is 74.6 cm³/mol. The molecule has 0 N–H and O–H groups in total. The molecule has 0 spiro atoms. The lowest BCUT2D eigenvalue weighted by Crippen LogP contribution is -2.04. The number of ether oxygens (including phenoxy) is 1. The molecule has 6 heteroatoms. The number of methoxy groups -OCH3 is 1. The third kappa shape index (κ3) is 2.90. The lowest BCUT2D eigenvalue weighted by Gasteiger charge is -2.07. The summed E-state index contributed by atoms with van der Waals surface area (Å²) in [5.41, 5.74) is 1.38. The van der Waals surface area contributed by atoms with Crippen LogP contribution in [0.3, 0.4) is 0 Å². The first-order valence-electron chi connectivity index (χ1n) is 5.87. The molecule has 2 aromatic heterocycles. The van der Waals surface area contributed by atoms with Crippen LogP contribution in [0.1, 0.15) is 35.9 Å². The molecule has 0 unspecified atom stereocenters. The molecule has 0 saturated carbocycles. The summed E-state index contributed by atoms with van der Waals surface area (Å²) in [6, 6.07) is 2.12. The number of hydrogen-bond donors (Lipinski definition) is 0. The Morgan fingerprint density at radius 1 is 1.53 bits per heavy atom. The molecular formula is C13H15N3O2S. The molecule has 0 atom stereocenters. The predicted octanol–water partition coefficient (Wildman–Crippen LogP) is 2.83. The standard InChI is InChI=1S/C13H15N3O2S/c1-9(2)16-10(6-7-14-16)4-5-12(17)11-8-19-15-13(11)18-3/h4-9H,1-3H3/b5-4+. The topological polar surface area (TPSA) is 57.0 Å². The molecule has 2 aromatic rings. The highest BCUT2D eigenvalue weighted by atomic mass is 32.1. The Morgan fingerprint density at radius 2 is 2.32 bits per heavy atom. The zero-order valence-corrected chi connectivity index (χ0v) is 11.8. The van der Waals surface area contributed by atoms with Crippen molar-refractivity contribution in [2.45, 2.75) is 19.9 Å². The maximum Gasteiger partial charge on any atom is 0.236 e. The van der Waals surface area contributed by atoms with Crippen molar-refractivity contribution in [1.82, 2.24) is 14.2 Å². The molecule has 0 aliphatic carbocycles. The van der Waals surface area contributed by atoms with Gasteiger partial charge in [-0.3, -0.25) is 9.48 Å². The smallest absolute Gasteiger partial charge is 0.236 e. The quantitative estimate of drug-likeness (QED) is 0.623. The largest absolute Gasteiger partial charge is 0.480 e. The van der Waals surface area contributed by atoms with Gasteiger partial charge in [0.05, 0.1) is 18.4 Å². The molecule has 0 saturated heterocycles. The van der Waals surface area contributed by atoms with E-state index in [0.717, 1.165) is 5.69 Å². The van der Waals surface area contributed by atoms with Crippen molar-refractivity contribution in [2.75, 3.05) is 7.11 Å². The minimum absolute atomic E-state index is 0.123. The number of aromatic nitrogens is 3. The zero-order valence-electron chi connectivity index (χ0n) is 11.0. The Labute approximate surface area is 115 Å². The van der Waals surface area contributed by atoms with Gasteiger partial charge in [-0.2, -0.15) is 9.47 Å². The summed E-state index contributed by atoms with van der Waals surface area (Å²) in [5.74, 6) is 0.249.